The summed E-state index contributed by atoms with van der Waals surface area (Å²) in [7, 11) is 1.59. The van der Waals surface area contributed by atoms with Crippen molar-refractivity contribution in [1.29, 1.82) is 0 Å². The zero-order valence-electron chi connectivity index (χ0n) is 11.2. The molecule has 0 atom stereocenters. The second-order valence-electron chi connectivity index (χ2n) is 3.95. The summed E-state index contributed by atoms with van der Waals surface area (Å²) in [4.78, 5) is 11.5. The molecule has 0 aliphatic rings. The molecule has 5 nitrogen and oxygen atoms in total. The zero-order chi connectivity index (χ0) is 14.8. The molecule has 2 amide bonds. The van der Waals surface area contributed by atoms with Crippen molar-refractivity contribution in [3.8, 4) is 0 Å². The van der Waals surface area contributed by atoms with E-state index in [1.165, 1.54) is 6.07 Å². The van der Waals surface area contributed by atoms with Gasteiger partial charge in [-0.3, -0.25) is 0 Å². The number of carbonyl (C=O) groups excluding carboxylic acids is 1. The van der Waals surface area contributed by atoms with Crippen molar-refractivity contribution in [1.82, 2.24) is 10.6 Å². The highest BCUT2D eigenvalue weighted by molar-refractivity contribution is 9.10. The van der Waals surface area contributed by atoms with E-state index in [1.54, 1.807) is 19.2 Å². The summed E-state index contributed by atoms with van der Waals surface area (Å²) in [6.07, 6.45) is 0. The van der Waals surface area contributed by atoms with Crippen LogP contribution in [0.4, 0.5) is 9.18 Å². The van der Waals surface area contributed by atoms with Gasteiger partial charge in [0.1, 0.15) is 5.82 Å². The molecule has 0 heterocycles. The van der Waals surface area contributed by atoms with Crippen LogP contribution < -0.4 is 10.6 Å². The summed E-state index contributed by atoms with van der Waals surface area (Å²) < 4.78 is 24.2. The number of hydrogen-bond donors (Lipinski definition) is 2. The van der Waals surface area contributed by atoms with E-state index in [0.717, 1.165) is 4.47 Å². The third-order valence-corrected chi connectivity index (χ3v) is 2.90. The molecule has 0 unspecified atom stereocenters. The van der Waals surface area contributed by atoms with E-state index in [4.69, 9.17) is 9.47 Å². The lowest BCUT2D eigenvalue weighted by Gasteiger charge is -2.09. The molecule has 0 bridgehead atoms. The van der Waals surface area contributed by atoms with Gasteiger partial charge in [0.2, 0.25) is 0 Å². The summed E-state index contributed by atoms with van der Waals surface area (Å²) in [6, 6.07) is 4.22. The van der Waals surface area contributed by atoms with Gasteiger partial charge in [0.25, 0.3) is 0 Å². The predicted octanol–water partition coefficient (Wildman–Crippen LogP) is 2.05. The second kappa shape index (κ2) is 9.68. The van der Waals surface area contributed by atoms with Crippen molar-refractivity contribution in [2.75, 3.05) is 33.5 Å². The van der Waals surface area contributed by atoms with Gasteiger partial charge in [0.05, 0.1) is 19.8 Å². The van der Waals surface area contributed by atoms with Crippen molar-refractivity contribution in [2.45, 2.75) is 6.54 Å². The summed E-state index contributed by atoms with van der Waals surface area (Å²) in [5.74, 6) is -0.351. The van der Waals surface area contributed by atoms with Crippen molar-refractivity contribution in [3.05, 3.63) is 34.1 Å². The standard InChI is InChI=1S/C13H18BrFN2O3/c1-19-6-7-20-5-4-16-13(18)17-9-10-8-11(14)2-3-12(10)15/h2-3,8H,4-7,9H2,1H3,(H2,16,17,18). The maximum atomic E-state index is 13.4. The van der Waals surface area contributed by atoms with Gasteiger partial charge >= 0.3 is 6.03 Å². The van der Waals surface area contributed by atoms with E-state index in [9.17, 15) is 9.18 Å². The molecule has 1 rings (SSSR count). The monoisotopic (exact) mass is 348 g/mol. The Kier molecular flexibility index (Phi) is 8.17. The van der Waals surface area contributed by atoms with Crippen LogP contribution in [0.1, 0.15) is 5.56 Å². The molecule has 7 heteroatoms. The van der Waals surface area contributed by atoms with Crippen LogP contribution in [0, 0.1) is 5.82 Å². The minimum Gasteiger partial charge on any atom is -0.382 e. The number of nitrogens with one attached hydrogen (secondary N) is 2. The minimum absolute atomic E-state index is 0.127. The van der Waals surface area contributed by atoms with Crippen molar-refractivity contribution in [2.24, 2.45) is 0 Å². The van der Waals surface area contributed by atoms with Crippen molar-refractivity contribution < 1.29 is 18.7 Å². The minimum atomic E-state index is -0.361. The van der Waals surface area contributed by atoms with Crippen LogP contribution in [0.2, 0.25) is 0 Å². The van der Waals surface area contributed by atoms with E-state index in [2.05, 4.69) is 26.6 Å². The van der Waals surface area contributed by atoms with Crippen LogP contribution in [0.3, 0.4) is 0 Å². The normalized spacial score (nSPS) is 10.3. The van der Waals surface area contributed by atoms with Gasteiger partial charge in [-0.1, -0.05) is 15.9 Å². The molecule has 0 radical (unpaired) electrons. The van der Waals surface area contributed by atoms with Gasteiger partial charge in [0, 0.05) is 30.2 Å². The average Bonchev–Trinajstić information content (AvgIpc) is 2.43. The Morgan fingerprint density at radius 2 is 2.10 bits per heavy atom. The van der Waals surface area contributed by atoms with Crippen molar-refractivity contribution in [3.63, 3.8) is 0 Å². The zero-order valence-corrected chi connectivity index (χ0v) is 12.8. The maximum absolute atomic E-state index is 13.4. The van der Waals surface area contributed by atoms with Crippen molar-refractivity contribution >= 4 is 22.0 Å². The quantitative estimate of drug-likeness (QED) is 0.707. The Hall–Kier alpha value is -1.18. The lowest BCUT2D eigenvalue weighted by atomic mass is 10.2. The number of ether oxygens (including phenoxy) is 2. The lowest BCUT2D eigenvalue weighted by molar-refractivity contribution is 0.0726. The number of rotatable bonds is 8. The molecule has 0 spiro atoms. The molecule has 112 valence electrons. The Bertz CT molecular complexity index is 432. The van der Waals surface area contributed by atoms with Crippen LogP contribution in [0.15, 0.2) is 22.7 Å². The third-order valence-electron chi connectivity index (χ3n) is 2.41. The number of carbonyl (C=O) groups is 1. The lowest BCUT2D eigenvalue weighted by Crippen LogP contribution is -2.37. The van der Waals surface area contributed by atoms with Crippen LogP contribution >= 0.6 is 15.9 Å². The van der Waals surface area contributed by atoms with Gasteiger partial charge in [-0.15, -0.1) is 0 Å². The number of benzene rings is 1. The Morgan fingerprint density at radius 1 is 1.30 bits per heavy atom. The third kappa shape index (κ3) is 6.83. The molecule has 20 heavy (non-hydrogen) atoms. The topological polar surface area (TPSA) is 59.6 Å². The molecule has 0 saturated heterocycles. The highest BCUT2D eigenvalue weighted by atomic mass is 79.9. The van der Waals surface area contributed by atoms with Gasteiger partial charge in [-0.05, 0) is 18.2 Å². The molecule has 1 aromatic carbocycles. The van der Waals surface area contributed by atoms with Gasteiger partial charge in [-0.25, -0.2) is 9.18 Å². The summed E-state index contributed by atoms with van der Waals surface area (Å²) in [6.45, 7) is 1.93. The van der Waals surface area contributed by atoms with Gasteiger partial charge < -0.3 is 20.1 Å². The Balaban J connectivity index is 2.18. The molecular weight excluding hydrogens is 331 g/mol. The first-order chi connectivity index (χ1) is 9.63. The molecule has 1 aromatic rings. The summed E-state index contributed by atoms with van der Waals surface area (Å²) in [5, 5.41) is 5.19. The smallest absolute Gasteiger partial charge is 0.315 e. The van der Waals surface area contributed by atoms with E-state index in [1.807, 2.05) is 0 Å². The molecular formula is C13H18BrFN2O3. The largest absolute Gasteiger partial charge is 0.382 e. The molecule has 0 aromatic heterocycles. The maximum Gasteiger partial charge on any atom is 0.315 e. The van der Waals surface area contributed by atoms with Gasteiger partial charge in [-0.2, -0.15) is 0 Å². The number of amides is 2. The van der Waals surface area contributed by atoms with Crippen LogP contribution in [-0.2, 0) is 16.0 Å². The van der Waals surface area contributed by atoms with Crippen LogP contribution in [-0.4, -0.2) is 39.5 Å². The first-order valence-corrected chi connectivity index (χ1v) is 6.95. The summed E-state index contributed by atoms with van der Waals surface area (Å²) >= 11 is 3.25. The Labute approximate surface area is 126 Å². The van der Waals surface area contributed by atoms with E-state index < -0.39 is 0 Å². The molecule has 0 aliphatic heterocycles. The number of hydrogen-bond acceptors (Lipinski definition) is 3. The van der Waals surface area contributed by atoms with E-state index >= 15 is 0 Å². The molecule has 0 aliphatic carbocycles. The van der Waals surface area contributed by atoms with Gasteiger partial charge in [0.15, 0.2) is 0 Å². The summed E-state index contributed by atoms with van der Waals surface area (Å²) in [5.41, 5.74) is 0.422. The van der Waals surface area contributed by atoms with E-state index in [0.29, 0.717) is 31.9 Å². The molecule has 0 fully saturated rings. The molecule has 2 N–H and O–H groups in total. The fourth-order valence-electron chi connectivity index (χ4n) is 1.40. The first kappa shape index (κ1) is 16.9. The highest BCUT2D eigenvalue weighted by Crippen LogP contribution is 2.15. The first-order valence-electron chi connectivity index (χ1n) is 6.16. The fourth-order valence-corrected chi connectivity index (χ4v) is 1.81. The Morgan fingerprint density at radius 3 is 2.85 bits per heavy atom. The fraction of sp³-hybridized carbons (Fsp3) is 0.462. The molecule has 0 saturated carbocycles. The second-order valence-corrected chi connectivity index (χ2v) is 4.87. The van der Waals surface area contributed by atoms with Crippen LogP contribution in [0.5, 0.6) is 0 Å². The van der Waals surface area contributed by atoms with Crippen LogP contribution in [0.25, 0.3) is 0 Å². The predicted molar refractivity (Wildman–Crippen MR) is 77.0 cm³/mol. The number of methoxy groups -OCH3 is 1. The highest BCUT2D eigenvalue weighted by Gasteiger charge is 2.05. The average molecular weight is 349 g/mol. The number of halogens is 2. The SMILES string of the molecule is COCCOCCNC(=O)NCc1cc(Br)ccc1F. The number of urea groups is 1. The van der Waals surface area contributed by atoms with E-state index in [-0.39, 0.29) is 18.4 Å².